The molecular weight excluding hydrogens is 158 g/mol. The van der Waals surface area contributed by atoms with E-state index in [0.717, 1.165) is 0 Å². The second kappa shape index (κ2) is 3.36. The van der Waals surface area contributed by atoms with E-state index in [2.05, 4.69) is 24.8 Å². The molecule has 1 aliphatic carbocycles. The quantitative estimate of drug-likeness (QED) is 0.597. The third-order valence-corrected chi connectivity index (χ3v) is 3.32. The fraction of sp³-hybridized carbons (Fsp3) is 0.833. The summed E-state index contributed by atoms with van der Waals surface area (Å²) in [5, 5.41) is 0. The predicted octanol–water partition coefficient (Wildman–Crippen LogP) is 3.18. The first-order chi connectivity index (χ1) is 6.17. The van der Waals surface area contributed by atoms with Gasteiger partial charge in [-0.2, -0.15) is 0 Å². The molecule has 2 rings (SSSR count). The molecule has 0 aromatic heterocycles. The van der Waals surface area contributed by atoms with Crippen molar-refractivity contribution in [1.29, 1.82) is 0 Å². The molecule has 1 fully saturated rings. The van der Waals surface area contributed by atoms with Gasteiger partial charge in [0.2, 0.25) is 0 Å². The van der Waals surface area contributed by atoms with Gasteiger partial charge in [0.1, 0.15) is 0 Å². The summed E-state index contributed by atoms with van der Waals surface area (Å²) in [4.78, 5) is 2.60. The molecule has 2 aliphatic rings. The Morgan fingerprint density at radius 2 is 1.85 bits per heavy atom. The predicted molar refractivity (Wildman–Crippen MR) is 56.5 cm³/mol. The minimum absolute atomic E-state index is 0.455. The van der Waals surface area contributed by atoms with Crippen LogP contribution in [0.25, 0.3) is 0 Å². The van der Waals surface area contributed by atoms with Crippen LogP contribution < -0.4 is 0 Å². The first-order valence-electron chi connectivity index (χ1n) is 5.64. The SMILES string of the molecule is CC1(C)C=C(N2CCCC2)CCC1. The van der Waals surface area contributed by atoms with Gasteiger partial charge in [-0.25, -0.2) is 0 Å². The van der Waals surface area contributed by atoms with E-state index in [4.69, 9.17) is 0 Å². The number of hydrogen-bond donors (Lipinski definition) is 0. The lowest BCUT2D eigenvalue weighted by atomic mass is 9.81. The minimum atomic E-state index is 0.455. The molecule has 13 heavy (non-hydrogen) atoms. The topological polar surface area (TPSA) is 3.24 Å². The second-order valence-electron chi connectivity index (χ2n) is 5.17. The first-order valence-corrected chi connectivity index (χ1v) is 5.64. The highest BCUT2D eigenvalue weighted by atomic mass is 15.1. The van der Waals surface area contributed by atoms with Crippen molar-refractivity contribution in [3.05, 3.63) is 11.8 Å². The zero-order valence-electron chi connectivity index (χ0n) is 8.97. The van der Waals surface area contributed by atoms with Crippen molar-refractivity contribution in [2.75, 3.05) is 13.1 Å². The maximum atomic E-state index is 2.60. The van der Waals surface area contributed by atoms with Gasteiger partial charge in [-0.15, -0.1) is 0 Å². The third kappa shape index (κ3) is 2.07. The molecule has 0 N–H and O–H groups in total. The van der Waals surface area contributed by atoms with E-state index in [1.54, 1.807) is 5.70 Å². The van der Waals surface area contributed by atoms with Crippen LogP contribution in [-0.2, 0) is 0 Å². The van der Waals surface area contributed by atoms with Gasteiger partial charge >= 0.3 is 0 Å². The molecule has 1 nitrogen and oxygen atoms in total. The summed E-state index contributed by atoms with van der Waals surface area (Å²) in [6.45, 7) is 7.34. The zero-order valence-corrected chi connectivity index (χ0v) is 8.97. The molecule has 0 unspecified atom stereocenters. The summed E-state index contributed by atoms with van der Waals surface area (Å²) in [6.07, 6.45) is 9.39. The van der Waals surface area contributed by atoms with Crippen LogP contribution in [0.2, 0.25) is 0 Å². The van der Waals surface area contributed by atoms with Crippen LogP contribution in [0.5, 0.6) is 0 Å². The minimum Gasteiger partial charge on any atom is -0.375 e. The monoisotopic (exact) mass is 179 g/mol. The van der Waals surface area contributed by atoms with Gasteiger partial charge in [-0.3, -0.25) is 0 Å². The maximum Gasteiger partial charge on any atom is 0.0175 e. The molecule has 0 atom stereocenters. The Morgan fingerprint density at radius 1 is 1.15 bits per heavy atom. The highest BCUT2D eigenvalue weighted by Gasteiger charge is 2.24. The average molecular weight is 179 g/mol. The highest BCUT2D eigenvalue weighted by Crippen LogP contribution is 2.35. The normalized spacial score (nSPS) is 27.5. The van der Waals surface area contributed by atoms with Crippen LogP contribution in [0.3, 0.4) is 0 Å². The van der Waals surface area contributed by atoms with Crippen molar-refractivity contribution in [3.63, 3.8) is 0 Å². The lowest BCUT2D eigenvalue weighted by Gasteiger charge is -2.32. The van der Waals surface area contributed by atoms with Crippen LogP contribution >= 0.6 is 0 Å². The van der Waals surface area contributed by atoms with Crippen molar-refractivity contribution in [2.45, 2.75) is 46.0 Å². The van der Waals surface area contributed by atoms with Crippen molar-refractivity contribution in [1.82, 2.24) is 4.90 Å². The second-order valence-corrected chi connectivity index (χ2v) is 5.17. The van der Waals surface area contributed by atoms with E-state index < -0.39 is 0 Å². The van der Waals surface area contributed by atoms with Crippen molar-refractivity contribution in [2.24, 2.45) is 5.41 Å². The summed E-state index contributed by atoms with van der Waals surface area (Å²) in [5.41, 5.74) is 2.09. The smallest absolute Gasteiger partial charge is 0.0175 e. The molecule has 74 valence electrons. The van der Waals surface area contributed by atoms with E-state index in [1.807, 2.05) is 0 Å². The molecular formula is C12H21N. The van der Waals surface area contributed by atoms with Crippen molar-refractivity contribution < 1.29 is 0 Å². The summed E-state index contributed by atoms with van der Waals surface area (Å²) >= 11 is 0. The Bertz CT molecular complexity index is 209. The van der Waals surface area contributed by atoms with Crippen LogP contribution in [0, 0.1) is 5.41 Å². The number of nitrogens with zero attached hydrogens (tertiary/aromatic N) is 1. The van der Waals surface area contributed by atoms with E-state index >= 15 is 0 Å². The Balaban J connectivity index is 2.08. The fourth-order valence-electron chi connectivity index (χ4n) is 2.57. The molecule has 0 spiro atoms. The third-order valence-electron chi connectivity index (χ3n) is 3.32. The molecule has 1 heterocycles. The molecule has 0 radical (unpaired) electrons. The molecule has 0 saturated carbocycles. The van der Waals surface area contributed by atoms with Gasteiger partial charge in [0.25, 0.3) is 0 Å². The highest BCUT2D eigenvalue weighted by molar-refractivity contribution is 5.11. The van der Waals surface area contributed by atoms with Crippen molar-refractivity contribution in [3.8, 4) is 0 Å². The van der Waals surface area contributed by atoms with E-state index in [1.165, 1.54) is 45.2 Å². The first kappa shape index (κ1) is 9.11. The average Bonchev–Trinajstić information content (AvgIpc) is 2.53. The van der Waals surface area contributed by atoms with E-state index in [9.17, 15) is 0 Å². The standard InChI is InChI=1S/C12H21N/c1-12(2)7-5-6-11(10-12)13-8-3-4-9-13/h10H,3-9H2,1-2H3. The van der Waals surface area contributed by atoms with E-state index in [-0.39, 0.29) is 0 Å². The van der Waals surface area contributed by atoms with Crippen molar-refractivity contribution >= 4 is 0 Å². The fourth-order valence-corrected chi connectivity index (χ4v) is 2.57. The van der Waals surface area contributed by atoms with E-state index in [0.29, 0.717) is 5.41 Å². The molecule has 0 bridgehead atoms. The van der Waals surface area contributed by atoms with Crippen LogP contribution in [0.15, 0.2) is 11.8 Å². The lowest BCUT2D eigenvalue weighted by molar-refractivity contribution is 0.329. The summed E-state index contributed by atoms with van der Waals surface area (Å²) in [6, 6.07) is 0. The molecule has 0 aromatic rings. The maximum absolute atomic E-state index is 2.60. The number of hydrogen-bond acceptors (Lipinski definition) is 1. The molecule has 1 saturated heterocycles. The zero-order chi connectivity index (χ0) is 9.31. The van der Waals surface area contributed by atoms with Gasteiger partial charge in [0, 0.05) is 18.8 Å². The molecule has 1 heteroatoms. The van der Waals surface area contributed by atoms with Crippen LogP contribution in [-0.4, -0.2) is 18.0 Å². The van der Waals surface area contributed by atoms with Gasteiger partial charge in [-0.1, -0.05) is 19.9 Å². The Morgan fingerprint density at radius 3 is 2.46 bits per heavy atom. The van der Waals surface area contributed by atoms with Gasteiger partial charge in [0.05, 0.1) is 0 Å². The number of allylic oxidation sites excluding steroid dienone is 2. The van der Waals surface area contributed by atoms with Crippen LogP contribution in [0.1, 0.15) is 46.0 Å². The molecule has 0 amide bonds. The Labute approximate surface area is 81.8 Å². The number of rotatable bonds is 1. The number of likely N-dealkylation sites (tertiary alicyclic amines) is 1. The Kier molecular flexibility index (Phi) is 2.35. The largest absolute Gasteiger partial charge is 0.375 e. The lowest BCUT2D eigenvalue weighted by Crippen LogP contribution is -2.24. The summed E-state index contributed by atoms with van der Waals surface area (Å²) in [7, 11) is 0. The molecule has 0 aromatic carbocycles. The van der Waals surface area contributed by atoms with Gasteiger partial charge in [0.15, 0.2) is 0 Å². The van der Waals surface area contributed by atoms with Gasteiger partial charge in [-0.05, 0) is 37.5 Å². The summed E-state index contributed by atoms with van der Waals surface area (Å²) < 4.78 is 0. The summed E-state index contributed by atoms with van der Waals surface area (Å²) in [5.74, 6) is 0. The van der Waals surface area contributed by atoms with Crippen LogP contribution in [0.4, 0.5) is 0 Å². The van der Waals surface area contributed by atoms with Gasteiger partial charge < -0.3 is 4.90 Å². The Hall–Kier alpha value is -0.460. The molecule has 1 aliphatic heterocycles.